The second kappa shape index (κ2) is 8.06. The molecular weight excluding hydrogens is 286 g/mol. The molecule has 0 spiro atoms. The molecule has 1 fully saturated rings. The largest absolute Gasteiger partial charge is 0.459 e. The smallest absolute Gasteiger partial charge is 0.330 e. The Bertz CT molecular complexity index is 532. The number of benzene rings is 1. The molecule has 0 heterocycles. The third kappa shape index (κ3) is 4.93. The molecule has 0 atom stereocenters. The van der Waals surface area contributed by atoms with Crippen LogP contribution >= 0.6 is 0 Å². The predicted octanol–water partition coefficient (Wildman–Crippen LogP) is 4.58. The zero-order valence-corrected chi connectivity index (χ0v) is 12.9. The third-order valence-electron chi connectivity index (χ3n) is 4.20. The predicted molar refractivity (Wildman–Crippen MR) is 81.3 cm³/mol. The monoisotopic (exact) mass is 308 g/mol. The molecule has 0 aliphatic heterocycles. The van der Waals surface area contributed by atoms with Gasteiger partial charge in [-0.2, -0.15) is 0 Å². The highest BCUT2D eigenvalue weighted by Gasteiger charge is 2.23. The van der Waals surface area contributed by atoms with Crippen LogP contribution in [0.5, 0.6) is 0 Å². The Morgan fingerprint density at radius 3 is 2.59 bits per heavy atom. The van der Waals surface area contributed by atoms with Crippen LogP contribution in [0.25, 0.3) is 0 Å². The van der Waals surface area contributed by atoms with E-state index >= 15 is 0 Å². The fourth-order valence-corrected chi connectivity index (χ4v) is 2.94. The summed E-state index contributed by atoms with van der Waals surface area (Å²) in [6.45, 7) is 1.79. The van der Waals surface area contributed by atoms with E-state index in [-0.39, 0.29) is 12.1 Å². The first-order valence-electron chi connectivity index (χ1n) is 7.85. The number of carbonyl (C=O) groups excluding carboxylic acids is 1. The highest BCUT2D eigenvalue weighted by molar-refractivity contribution is 5.81. The van der Waals surface area contributed by atoms with Gasteiger partial charge in [-0.15, -0.1) is 0 Å². The van der Waals surface area contributed by atoms with Crippen molar-refractivity contribution < 1.29 is 18.3 Å². The standard InChI is InChI=1S/C18H22F2O2/c1-2-3-18(21)22-15-9-6-13(7-10-15)4-5-14-8-11-16(19)17(20)12-14/h2-3,8,11-13,15H,4-7,9-10H2,1H3. The van der Waals surface area contributed by atoms with Crippen molar-refractivity contribution in [1.29, 1.82) is 0 Å². The maximum Gasteiger partial charge on any atom is 0.330 e. The van der Waals surface area contributed by atoms with Crippen LogP contribution in [0.15, 0.2) is 30.4 Å². The zero-order chi connectivity index (χ0) is 15.9. The summed E-state index contributed by atoms with van der Waals surface area (Å²) >= 11 is 0. The minimum absolute atomic E-state index is 0.0169. The quantitative estimate of drug-likeness (QED) is 0.588. The van der Waals surface area contributed by atoms with Crippen molar-refractivity contribution in [3.8, 4) is 0 Å². The van der Waals surface area contributed by atoms with Crippen molar-refractivity contribution in [2.75, 3.05) is 0 Å². The van der Waals surface area contributed by atoms with Crippen molar-refractivity contribution >= 4 is 5.97 Å². The van der Waals surface area contributed by atoms with Crippen LogP contribution in [-0.2, 0) is 16.0 Å². The van der Waals surface area contributed by atoms with Crippen LogP contribution < -0.4 is 0 Å². The molecular formula is C18H22F2O2. The molecule has 0 saturated heterocycles. The van der Waals surface area contributed by atoms with Gasteiger partial charge in [0.25, 0.3) is 0 Å². The van der Waals surface area contributed by atoms with Gasteiger partial charge < -0.3 is 4.74 Å². The molecule has 0 N–H and O–H groups in total. The molecule has 0 radical (unpaired) electrons. The lowest BCUT2D eigenvalue weighted by Crippen LogP contribution is -2.24. The Balaban J connectivity index is 1.73. The Morgan fingerprint density at radius 2 is 1.95 bits per heavy atom. The molecule has 0 aromatic heterocycles. The van der Waals surface area contributed by atoms with E-state index in [9.17, 15) is 13.6 Å². The van der Waals surface area contributed by atoms with Gasteiger partial charge in [0.2, 0.25) is 0 Å². The van der Waals surface area contributed by atoms with Crippen molar-refractivity contribution in [3.05, 3.63) is 47.5 Å². The number of hydrogen-bond donors (Lipinski definition) is 0. The normalized spacial score (nSPS) is 22.0. The van der Waals surface area contributed by atoms with E-state index in [1.54, 1.807) is 19.1 Å². The highest BCUT2D eigenvalue weighted by atomic mass is 19.2. The van der Waals surface area contributed by atoms with Gasteiger partial charge in [-0.25, -0.2) is 13.6 Å². The van der Waals surface area contributed by atoms with E-state index in [1.807, 2.05) is 0 Å². The number of carbonyl (C=O) groups is 1. The molecule has 2 rings (SSSR count). The number of rotatable bonds is 5. The second-order valence-corrected chi connectivity index (χ2v) is 5.87. The number of esters is 1. The molecule has 1 aromatic carbocycles. The molecule has 0 bridgehead atoms. The van der Waals surface area contributed by atoms with Crippen molar-refractivity contribution in [2.24, 2.45) is 5.92 Å². The van der Waals surface area contributed by atoms with Gasteiger partial charge in [-0.3, -0.25) is 0 Å². The van der Waals surface area contributed by atoms with E-state index in [4.69, 9.17) is 4.74 Å². The lowest BCUT2D eigenvalue weighted by molar-refractivity contribution is -0.144. The Morgan fingerprint density at radius 1 is 1.23 bits per heavy atom. The number of hydrogen-bond acceptors (Lipinski definition) is 2. The fourth-order valence-electron chi connectivity index (χ4n) is 2.94. The number of ether oxygens (including phenoxy) is 1. The van der Waals surface area contributed by atoms with Crippen LogP contribution in [0.3, 0.4) is 0 Å². The zero-order valence-electron chi connectivity index (χ0n) is 12.9. The van der Waals surface area contributed by atoms with Crippen LogP contribution in [0.4, 0.5) is 8.78 Å². The summed E-state index contributed by atoms with van der Waals surface area (Å²) in [6.07, 6.45) is 8.63. The molecule has 1 aliphatic carbocycles. The molecule has 1 aromatic rings. The first kappa shape index (κ1) is 16.7. The minimum Gasteiger partial charge on any atom is -0.459 e. The molecule has 2 nitrogen and oxygen atoms in total. The third-order valence-corrected chi connectivity index (χ3v) is 4.20. The van der Waals surface area contributed by atoms with Crippen molar-refractivity contribution in [2.45, 2.75) is 51.6 Å². The Labute approximate surface area is 130 Å². The summed E-state index contributed by atoms with van der Waals surface area (Å²) in [5, 5.41) is 0. The van der Waals surface area contributed by atoms with Gasteiger partial charge in [0, 0.05) is 6.08 Å². The Hall–Kier alpha value is -1.71. The van der Waals surface area contributed by atoms with Crippen molar-refractivity contribution in [3.63, 3.8) is 0 Å². The summed E-state index contributed by atoms with van der Waals surface area (Å²) < 4.78 is 31.4. The first-order chi connectivity index (χ1) is 10.6. The molecule has 4 heteroatoms. The van der Waals surface area contributed by atoms with E-state index in [2.05, 4.69) is 0 Å². The number of halogens is 2. The molecule has 0 amide bonds. The molecule has 1 saturated carbocycles. The summed E-state index contributed by atoms with van der Waals surface area (Å²) in [7, 11) is 0. The second-order valence-electron chi connectivity index (χ2n) is 5.87. The van der Waals surface area contributed by atoms with Gasteiger partial charge in [-0.1, -0.05) is 12.1 Å². The summed E-state index contributed by atoms with van der Waals surface area (Å²) in [4.78, 5) is 11.4. The highest BCUT2D eigenvalue weighted by Crippen LogP contribution is 2.29. The molecule has 120 valence electrons. The lowest BCUT2D eigenvalue weighted by atomic mass is 9.84. The van der Waals surface area contributed by atoms with Gasteiger partial charge in [0.15, 0.2) is 11.6 Å². The molecule has 22 heavy (non-hydrogen) atoms. The summed E-state index contributed by atoms with van der Waals surface area (Å²) in [5.74, 6) is -1.29. The Kier molecular flexibility index (Phi) is 6.10. The number of allylic oxidation sites excluding steroid dienone is 1. The SMILES string of the molecule is CC=CC(=O)OC1CCC(CCc2ccc(F)c(F)c2)CC1. The average molecular weight is 308 g/mol. The van der Waals surface area contributed by atoms with Gasteiger partial charge in [-0.05, 0) is 69.1 Å². The van der Waals surface area contributed by atoms with Gasteiger partial charge in [0.05, 0.1) is 0 Å². The average Bonchev–Trinajstić information content (AvgIpc) is 2.50. The van der Waals surface area contributed by atoms with Crippen LogP contribution in [0, 0.1) is 17.6 Å². The summed E-state index contributed by atoms with van der Waals surface area (Å²) in [6, 6.07) is 4.10. The number of aryl methyl sites for hydroxylation is 1. The molecule has 1 aliphatic rings. The van der Waals surface area contributed by atoms with Crippen molar-refractivity contribution in [1.82, 2.24) is 0 Å². The van der Waals surface area contributed by atoms with Crippen LogP contribution in [0.1, 0.15) is 44.6 Å². The van der Waals surface area contributed by atoms with E-state index < -0.39 is 11.6 Å². The van der Waals surface area contributed by atoms with E-state index in [0.29, 0.717) is 5.92 Å². The van der Waals surface area contributed by atoms with Gasteiger partial charge >= 0.3 is 5.97 Å². The summed E-state index contributed by atoms with van der Waals surface area (Å²) in [5.41, 5.74) is 0.834. The van der Waals surface area contributed by atoms with E-state index in [1.165, 1.54) is 18.2 Å². The maximum atomic E-state index is 13.2. The van der Waals surface area contributed by atoms with Crippen LogP contribution in [-0.4, -0.2) is 12.1 Å². The lowest BCUT2D eigenvalue weighted by Gasteiger charge is -2.28. The maximum absolute atomic E-state index is 13.2. The van der Waals surface area contributed by atoms with E-state index in [0.717, 1.165) is 44.1 Å². The fraction of sp³-hybridized carbons (Fsp3) is 0.500. The van der Waals surface area contributed by atoms with Gasteiger partial charge in [0.1, 0.15) is 6.10 Å². The first-order valence-corrected chi connectivity index (χ1v) is 7.85. The topological polar surface area (TPSA) is 26.3 Å². The van der Waals surface area contributed by atoms with Crippen LogP contribution in [0.2, 0.25) is 0 Å². The minimum atomic E-state index is -0.799. The molecule has 0 unspecified atom stereocenters.